The van der Waals surface area contributed by atoms with Gasteiger partial charge in [0.1, 0.15) is 6.54 Å². The van der Waals surface area contributed by atoms with Crippen molar-refractivity contribution in [2.24, 2.45) is 0 Å². The highest BCUT2D eigenvalue weighted by Gasteiger charge is 2.20. The van der Waals surface area contributed by atoms with Gasteiger partial charge in [-0.25, -0.2) is 4.98 Å². The molecule has 136 valence electrons. The highest BCUT2D eigenvalue weighted by molar-refractivity contribution is 7.09. The molecule has 3 heterocycles. The molecule has 6 heteroatoms. The minimum absolute atomic E-state index is 0.206. The molecular formula is C20H24N4OS. The molecule has 2 aromatic heterocycles. The maximum atomic E-state index is 12.8. The van der Waals surface area contributed by atoms with Crippen LogP contribution < -0.4 is 0 Å². The van der Waals surface area contributed by atoms with E-state index < -0.39 is 0 Å². The van der Waals surface area contributed by atoms with Gasteiger partial charge < -0.3 is 9.47 Å². The zero-order valence-electron chi connectivity index (χ0n) is 15.1. The number of hydrogen-bond acceptors (Lipinski definition) is 4. The molecule has 0 bridgehead atoms. The van der Waals surface area contributed by atoms with Crippen molar-refractivity contribution in [3.8, 4) is 0 Å². The Morgan fingerprint density at radius 3 is 2.88 bits per heavy atom. The summed E-state index contributed by atoms with van der Waals surface area (Å²) < 4.78 is 2.05. The summed E-state index contributed by atoms with van der Waals surface area (Å²) in [6.45, 7) is 6.91. The Labute approximate surface area is 157 Å². The molecule has 0 N–H and O–H groups in total. The number of rotatable bonds is 4. The summed E-state index contributed by atoms with van der Waals surface area (Å²) in [5.74, 6) is 0.206. The first-order valence-corrected chi connectivity index (χ1v) is 10.0. The second-order valence-corrected chi connectivity index (χ2v) is 7.93. The van der Waals surface area contributed by atoms with E-state index in [-0.39, 0.29) is 5.91 Å². The van der Waals surface area contributed by atoms with Crippen LogP contribution in [0, 0.1) is 6.92 Å². The van der Waals surface area contributed by atoms with E-state index in [9.17, 15) is 4.79 Å². The summed E-state index contributed by atoms with van der Waals surface area (Å²) in [6, 6.07) is 10.3. The lowest BCUT2D eigenvalue weighted by Gasteiger charge is -2.22. The lowest BCUT2D eigenvalue weighted by atomic mass is 10.2. The van der Waals surface area contributed by atoms with Crippen LogP contribution in [0.25, 0.3) is 10.9 Å². The van der Waals surface area contributed by atoms with Gasteiger partial charge >= 0.3 is 0 Å². The molecule has 1 aliphatic rings. The number of amides is 1. The van der Waals surface area contributed by atoms with Crippen molar-refractivity contribution >= 4 is 28.1 Å². The molecule has 0 unspecified atom stereocenters. The van der Waals surface area contributed by atoms with Crippen LogP contribution in [0.15, 0.2) is 41.9 Å². The van der Waals surface area contributed by atoms with Gasteiger partial charge in [0.15, 0.2) is 0 Å². The number of nitrogens with zero attached hydrogens (tertiary/aromatic N) is 4. The van der Waals surface area contributed by atoms with Gasteiger partial charge in [-0.3, -0.25) is 9.69 Å². The first-order valence-electron chi connectivity index (χ1n) is 9.14. The predicted octanol–water partition coefficient (Wildman–Crippen LogP) is 3.14. The maximum absolute atomic E-state index is 12.8. The zero-order chi connectivity index (χ0) is 17.9. The normalized spacial score (nSPS) is 16.1. The molecule has 1 aliphatic heterocycles. The number of para-hydroxylation sites is 1. The third-order valence-corrected chi connectivity index (χ3v) is 5.80. The van der Waals surface area contributed by atoms with Crippen molar-refractivity contribution in [3.05, 3.63) is 52.6 Å². The van der Waals surface area contributed by atoms with Gasteiger partial charge in [-0.05, 0) is 30.9 Å². The molecule has 1 aromatic carbocycles. The highest BCUT2D eigenvalue weighted by Crippen LogP contribution is 2.16. The van der Waals surface area contributed by atoms with E-state index in [0.717, 1.165) is 55.4 Å². The largest absolute Gasteiger partial charge is 0.340 e. The van der Waals surface area contributed by atoms with Crippen LogP contribution in [-0.4, -0.2) is 51.4 Å². The molecular weight excluding hydrogens is 344 g/mol. The van der Waals surface area contributed by atoms with Crippen molar-refractivity contribution in [1.29, 1.82) is 0 Å². The Bertz CT molecular complexity index is 900. The lowest BCUT2D eigenvalue weighted by molar-refractivity contribution is -0.131. The molecule has 1 amide bonds. The molecule has 3 aromatic rings. The number of fused-ring (bicyclic) bond motifs is 1. The molecule has 1 saturated heterocycles. The molecule has 0 atom stereocenters. The average molecular weight is 369 g/mol. The van der Waals surface area contributed by atoms with E-state index in [1.54, 1.807) is 11.3 Å². The van der Waals surface area contributed by atoms with Gasteiger partial charge in [-0.1, -0.05) is 18.2 Å². The zero-order valence-corrected chi connectivity index (χ0v) is 15.9. The molecule has 5 nitrogen and oxygen atoms in total. The number of thiazole rings is 1. The number of hydrogen-bond donors (Lipinski definition) is 0. The standard InChI is InChI=1S/C20H24N4OS/c1-16-21-18(15-26-16)13-22-8-4-9-23(12-11-22)20(25)14-24-10-7-17-5-2-3-6-19(17)24/h2-3,5-7,10,15H,4,8-9,11-14H2,1H3. The minimum Gasteiger partial charge on any atom is -0.340 e. The third-order valence-electron chi connectivity index (χ3n) is 4.98. The molecule has 4 rings (SSSR count). The van der Waals surface area contributed by atoms with Crippen LogP contribution in [0.2, 0.25) is 0 Å². The van der Waals surface area contributed by atoms with Crippen LogP contribution in [0.3, 0.4) is 0 Å². The van der Waals surface area contributed by atoms with Crippen molar-refractivity contribution < 1.29 is 4.79 Å². The predicted molar refractivity (Wildman–Crippen MR) is 105 cm³/mol. The molecule has 26 heavy (non-hydrogen) atoms. The summed E-state index contributed by atoms with van der Waals surface area (Å²) in [4.78, 5) is 21.8. The van der Waals surface area contributed by atoms with Gasteiger partial charge in [0.25, 0.3) is 0 Å². The first-order chi connectivity index (χ1) is 12.7. The van der Waals surface area contributed by atoms with Crippen molar-refractivity contribution in [2.75, 3.05) is 26.2 Å². The Kier molecular flexibility index (Phi) is 5.04. The minimum atomic E-state index is 0.206. The van der Waals surface area contributed by atoms with Crippen LogP contribution in [-0.2, 0) is 17.9 Å². The summed E-state index contributed by atoms with van der Waals surface area (Å²) in [6.07, 6.45) is 3.03. The SMILES string of the molecule is Cc1nc(CN2CCCN(C(=O)Cn3ccc4ccccc43)CC2)cs1. The summed E-state index contributed by atoms with van der Waals surface area (Å²) in [5.41, 5.74) is 2.27. The Morgan fingerprint density at radius 1 is 1.15 bits per heavy atom. The fraction of sp³-hybridized carbons (Fsp3) is 0.400. The van der Waals surface area contributed by atoms with Gasteiger partial charge in [0.05, 0.1) is 10.7 Å². The molecule has 1 fully saturated rings. The van der Waals surface area contributed by atoms with Gasteiger partial charge in [0, 0.05) is 49.8 Å². The fourth-order valence-corrected chi connectivity index (χ4v) is 4.22. The quantitative estimate of drug-likeness (QED) is 0.710. The molecule has 0 spiro atoms. The highest BCUT2D eigenvalue weighted by atomic mass is 32.1. The lowest BCUT2D eigenvalue weighted by Crippen LogP contribution is -2.37. The molecule has 0 saturated carbocycles. The molecule has 0 radical (unpaired) electrons. The monoisotopic (exact) mass is 368 g/mol. The van der Waals surface area contributed by atoms with Gasteiger partial charge in [-0.15, -0.1) is 11.3 Å². The van der Waals surface area contributed by atoms with Crippen molar-refractivity contribution in [1.82, 2.24) is 19.4 Å². The number of aromatic nitrogens is 2. The third kappa shape index (κ3) is 3.81. The Morgan fingerprint density at radius 2 is 2.04 bits per heavy atom. The second kappa shape index (κ2) is 7.60. The van der Waals surface area contributed by atoms with E-state index in [2.05, 4.69) is 38.0 Å². The van der Waals surface area contributed by atoms with Crippen molar-refractivity contribution in [3.63, 3.8) is 0 Å². The summed E-state index contributed by atoms with van der Waals surface area (Å²) >= 11 is 1.70. The van der Waals surface area contributed by atoms with Crippen molar-refractivity contribution in [2.45, 2.75) is 26.4 Å². The average Bonchev–Trinajstić information content (AvgIpc) is 3.15. The van der Waals surface area contributed by atoms with Gasteiger partial charge in [-0.2, -0.15) is 0 Å². The van der Waals surface area contributed by atoms with Crippen LogP contribution >= 0.6 is 11.3 Å². The van der Waals surface area contributed by atoms with E-state index >= 15 is 0 Å². The topological polar surface area (TPSA) is 41.4 Å². The van der Waals surface area contributed by atoms with Crippen LogP contribution in [0.4, 0.5) is 0 Å². The summed E-state index contributed by atoms with van der Waals surface area (Å²) in [7, 11) is 0. The van der Waals surface area contributed by atoms with Crippen LogP contribution in [0.1, 0.15) is 17.1 Å². The fourth-order valence-electron chi connectivity index (χ4n) is 3.61. The van der Waals surface area contributed by atoms with Gasteiger partial charge in [0.2, 0.25) is 5.91 Å². The number of carbonyl (C=O) groups is 1. The maximum Gasteiger partial charge on any atom is 0.242 e. The van der Waals surface area contributed by atoms with E-state index in [4.69, 9.17) is 0 Å². The smallest absolute Gasteiger partial charge is 0.242 e. The van der Waals surface area contributed by atoms with E-state index in [0.29, 0.717) is 6.54 Å². The number of aryl methyl sites for hydroxylation is 1. The van der Waals surface area contributed by atoms with E-state index in [1.165, 1.54) is 5.39 Å². The Balaban J connectivity index is 1.36. The second-order valence-electron chi connectivity index (χ2n) is 6.87. The molecule has 0 aliphatic carbocycles. The van der Waals surface area contributed by atoms with E-state index in [1.807, 2.05) is 30.2 Å². The van der Waals surface area contributed by atoms with Crippen LogP contribution in [0.5, 0.6) is 0 Å². The Hall–Kier alpha value is -2.18. The summed E-state index contributed by atoms with van der Waals surface area (Å²) in [5, 5.41) is 4.44. The first kappa shape index (κ1) is 17.2. The number of carbonyl (C=O) groups excluding carboxylic acids is 1. The number of benzene rings is 1.